The number of pyridine rings is 1. The quantitative estimate of drug-likeness (QED) is 0.783. The van der Waals surface area contributed by atoms with Crippen LogP contribution in [0.1, 0.15) is 16.8 Å². The van der Waals surface area contributed by atoms with Gasteiger partial charge in [0.25, 0.3) is 5.91 Å². The minimum Gasteiger partial charge on any atom is -0.374 e. The van der Waals surface area contributed by atoms with E-state index in [0.717, 1.165) is 17.4 Å². The van der Waals surface area contributed by atoms with E-state index in [-0.39, 0.29) is 18.1 Å². The highest BCUT2D eigenvalue weighted by Gasteiger charge is 2.41. The van der Waals surface area contributed by atoms with Crippen LogP contribution in [0, 0.1) is 0 Å². The van der Waals surface area contributed by atoms with E-state index in [1.165, 1.54) is 0 Å². The fraction of sp³-hybridized carbons (Fsp3) is 0.455. The molecule has 1 aromatic rings. The normalized spacial score (nSPS) is 27.4. The van der Waals surface area contributed by atoms with E-state index in [4.69, 9.17) is 4.74 Å². The molecule has 5 heteroatoms. The molecular weight excluding hydrogens is 272 g/mol. The van der Waals surface area contributed by atoms with E-state index in [1.54, 1.807) is 12.4 Å². The molecule has 4 nitrogen and oxygen atoms in total. The Morgan fingerprint density at radius 3 is 3.06 bits per heavy atom. The predicted molar refractivity (Wildman–Crippen MR) is 61.1 cm³/mol. The Labute approximate surface area is 102 Å². The summed E-state index contributed by atoms with van der Waals surface area (Å²) in [6.45, 7) is 1.40. The molecule has 3 heterocycles. The average Bonchev–Trinajstić information content (AvgIpc) is 2.89. The van der Waals surface area contributed by atoms with E-state index in [9.17, 15) is 4.79 Å². The van der Waals surface area contributed by atoms with Crippen molar-refractivity contribution in [2.45, 2.75) is 18.6 Å². The number of halogens is 1. The molecule has 3 rings (SSSR count). The fourth-order valence-corrected chi connectivity index (χ4v) is 2.71. The summed E-state index contributed by atoms with van der Waals surface area (Å²) in [5.74, 6) is 0.0598. The molecule has 2 bridgehead atoms. The molecule has 0 aliphatic carbocycles. The molecule has 2 saturated heterocycles. The topological polar surface area (TPSA) is 42.4 Å². The number of hydrogen-bond donors (Lipinski definition) is 0. The van der Waals surface area contributed by atoms with Crippen LogP contribution in [-0.2, 0) is 4.74 Å². The largest absolute Gasteiger partial charge is 0.374 e. The Morgan fingerprint density at radius 2 is 2.44 bits per heavy atom. The van der Waals surface area contributed by atoms with Gasteiger partial charge in [-0.2, -0.15) is 0 Å². The number of likely N-dealkylation sites (tertiary alicyclic amines) is 1. The lowest BCUT2D eigenvalue weighted by atomic mass is 10.2. The van der Waals surface area contributed by atoms with Gasteiger partial charge in [0.2, 0.25) is 0 Å². The van der Waals surface area contributed by atoms with Gasteiger partial charge in [-0.15, -0.1) is 0 Å². The monoisotopic (exact) mass is 282 g/mol. The van der Waals surface area contributed by atoms with Crippen LogP contribution in [0.5, 0.6) is 0 Å². The first-order chi connectivity index (χ1) is 7.74. The van der Waals surface area contributed by atoms with Gasteiger partial charge in [-0.25, -0.2) is 0 Å². The second-order valence-electron chi connectivity index (χ2n) is 4.19. The molecule has 2 unspecified atom stereocenters. The maximum absolute atomic E-state index is 12.2. The van der Waals surface area contributed by atoms with E-state index < -0.39 is 0 Å². The minimum absolute atomic E-state index is 0.0598. The number of carbonyl (C=O) groups excluding carboxylic acids is 1. The van der Waals surface area contributed by atoms with E-state index >= 15 is 0 Å². The van der Waals surface area contributed by atoms with Gasteiger partial charge in [0.15, 0.2) is 0 Å². The van der Waals surface area contributed by atoms with Crippen LogP contribution in [0.25, 0.3) is 0 Å². The maximum atomic E-state index is 12.2. The number of aromatic nitrogens is 1. The molecule has 84 valence electrons. The van der Waals surface area contributed by atoms with Crippen molar-refractivity contribution in [2.24, 2.45) is 0 Å². The van der Waals surface area contributed by atoms with Crippen LogP contribution in [0.3, 0.4) is 0 Å². The van der Waals surface area contributed by atoms with Crippen molar-refractivity contribution in [1.29, 1.82) is 0 Å². The lowest BCUT2D eigenvalue weighted by Gasteiger charge is -2.26. The smallest absolute Gasteiger partial charge is 0.255 e. The lowest BCUT2D eigenvalue weighted by Crippen LogP contribution is -2.41. The zero-order valence-electron chi connectivity index (χ0n) is 8.60. The number of ether oxygens (including phenoxy) is 1. The molecule has 0 saturated carbocycles. The SMILES string of the molecule is O=C(c1cncc(Br)c1)N1CC2CC1CO2. The number of hydrogen-bond acceptors (Lipinski definition) is 3. The number of carbonyl (C=O) groups is 1. The van der Waals surface area contributed by atoms with E-state index in [0.29, 0.717) is 12.2 Å². The first-order valence-corrected chi connectivity index (χ1v) is 6.06. The third-order valence-corrected chi connectivity index (χ3v) is 3.55. The Hall–Kier alpha value is -0.940. The second-order valence-corrected chi connectivity index (χ2v) is 5.11. The van der Waals surface area contributed by atoms with Gasteiger partial charge in [0, 0.05) is 23.4 Å². The molecule has 2 aliphatic heterocycles. The summed E-state index contributed by atoms with van der Waals surface area (Å²) in [6.07, 6.45) is 4.51. The molecule has 16 heavy (non-hydrogen) atoms. The van der Waals surface area contributed by atoms with Crippen LogP contribution in [0.2, 0.25) is 0 Å². The highest BCUT2D eigenvalue weighted by molar-refractivity contribution is 9.10. The van der Waals surface area contributed by atoms with Crippen molar-refractivity contribution < 1.29 is 9.53 Å². The molecule has 2 atom stereocenters. The lowest BCUT2D eigenvalue weighted by molar-refractivity contribution is 0.0259. The van der Waals surface area contributed by atoms with Crippen molar-refractivity contribution in [3.63, 3.8) is 0 Å². The standard InChI is InChI=1S/C11H11BrN2O2/c12-8-1-7(3-13-4-8)11(15)14-5-10-2-9(14)6-16-10/h1,3-4,9-10H,2,5-6H2. The number of amides is 1. The van der Waals surface area contributed by atoms with Gasteiger partial charge in [-0.3, -0.25) is 9.78 Å². The Morgan fingerprint density at radius 1 is 1.56 bits per heavy atom. The van der Waals surface area contributed by atoms with Crippen molar-refractivity contribution in [2.75, 3.05) is 13.2 Å². The van der Waals surface area contributed by atoms with Crippen molar-refractivity contribution in [3.8, 4) is 0 Å². The van der Waals surface area contributed by atoms with Crippen LogP contribution >= 0.6 is 15.9 Å². The average molecular weight is 283 g/mol. The molecule has 1 aromatic heterocycles. The molecule has 2 fully saturated rings. The van der Waals surface area contributed by atoms with Crippen LogP contribution in [-0.4, -0.2) is 41.1 Å². The Kier molecular flexibility index (Phi) is 2.44. The molecule has 0 radical (unpaired) electrons. The first-order valence-electron chi connectivity index (χ1n) is 5.27. The minimum atomic E-state index is 0.0598. The first kappa shape index (κ1) is 10.2. The van der Waals surface area contributed by atoms with Crippen LogP contribution < -0.4 is 0 Å². The number of fused-ring (bicyclic) bond motifs is 2. The third kappa shape index (κ3) is 1.64. The third-order valence-electron chi connectivity index (χ3n) is 3.11. The second kappa shape index (κ2) is 3.82. The zero-order valence-corrected chi connectivity index (χ0v) is 10.2. The van der Waals surface area contributed by atoms with Crippen molar-refractivity contribution in [3.05, 3.63) is 28.5 Å². The zero-order chi connectivity index (χ0) is 11.1. The summed E-state index contributed by atoms with van der Waals surface area (Å²) in [5.41, 5.74) is 0.641. The van der Waals surface area contributed by atoms with Gasteiger partial charge < -0.3 is 9.64 Å². The summed E-state index contributed by atoms with van der Waals surface area (Å²) in [6, 6.07) is 2.07. The molecule has 0 aromatic carbocycles. The maximum Gasteiger partial charge on any atom is 0.255 e. The van der Waals surface area contributed by atoms with Crippen LogP contribution in [0.4, 0.5) is 0 Å². The summed E-state index contributed by atoms with van der Waals surface area (Å²) in [5, 5.41) is 0. The number of nitrogens with zero attached hydrogens (tertiary/aromatic N) is 2. The number of morpholine rings is 1. The molecular formula is C11H11BrN2O2. The van der Waals surface area contributed by atoms with Gasteiger partial charge in [-0.05, 0) is 28.4 Å². The molecule has 2 aliphatic rings. The Balaban J connectivity index is 1.83. The fourth-order valence-electron chi connectivity index (χ4n) is 2.34. The summed E-state index contributed by atoms with van der Waals surface area (Å²) < 4.78 is 6.31. The Bertz CT molecular complexity index is 438. The molecule has 0 N–H and O–H groups in total. The summed E-state index contributed by atoms with van der Waals surface area (Å²) >= 11 is 3.32. The molecule has 0 spiro atoms. The summed E-state index contributed by atoms with van der Waals surface area (Å²) in [7, 11) is 0. The molecule has 1 amide bonds. The van der Waals surface area contributed by atoms with Crippen molar-refractivity contribution >= 4 is 21.8 Å². The van der Waals surface area contributed by atoms with E-state index in [1.807, 2.05) is 11.0 Å². The van der Waals surface area contributed by atoms with Crippen LogP contribution in [0.15, 0.2) is 22.9 Å². The van der Waals surface area contributed by atoms with Gasteiger partial charge in [-0.1, -0.05) is 0 Å². The number of rotatable bonds is 1. The summed E-state index contributed by atoms with van der Waals surface area (Å²) in [4.78, 5) is 18.1. The van der Waals surface area contributed by atoms with Gasteiger partial charge >= 0.3 is 0 Å². The van der Waals surface area contributed by atoms with E-state index in [2.05, 4.69) is 20.9 Å². The van der Waals surface area contributed by atoms with Crippen molar-refractivity contribution in [1.82, 2.24) is 9.88 Å². The highest BCUT2D eigenvalue weighted by Crippen LogP contribution is 2.29. The van der Waals surface area contributed by atoms with Gasteiger partial charge in [0.05, 0.1) is 24.3 Å². The van der Waals surface area contributed by atoms with Gasteiger partial charge in [0.1, 0.15) is 0 Å². The highest BCUT2D eigenvalue weighted by atomic mass is 79.9. The predicted octanol–water partition coefficient (Wildman–Crippen LogP) is 1.46.